The Kier molecular flexibility index (Phi) is 2.93. The SMILES string of the molecule is Cc1[nH]nc(NC(=O)c2c(O)cccc2O)c1C. The minimum atomic E-state index is -0.611. The van der Waals surface area contributed by atoms with Gasteiger partial charge in [0.25, 0.3) is 5.91 Å². The molecule has 1 amide bonds. The van der Waals surface area contributed by atoms with Gasteiger partial charge in [0.15, 0.2) is 5.82 Å². The molecule has 94 valence electrons. The van der Waals surface area contributed by atoms with E-state index in [4.69, 9.17) is 0 Å². The van der Waals surface area contributed by atoms with E-state index in [0.29, 0.717) is 5.82 Å². The standard InChI is InChI=1S/C12H13N3O3/c1-6-7(2)14-15-11(6)13-12(18)10-8(16)4-3-5-9(10)17/h3-5,16-17H,1-2H3,(H2,13,14,15,18). The molecule has 0 unspecified atom stereocenters. The molecule has 2 rings (SSSR count). The zero-order chi connectivity index (χ0) is 13.3. The predicted molar refractivity (Wildman–Crippen MR) is 65.8 cm³/mol. The smallest absolute Gasteiger partial charge is 0.264 e. The second kappa shape index (κ2) is 4.40. The number of H-pyrrole nitrogens is 1. The molecule has 0 aliphatic heterocycles. The maximum absolute atomic E-state index is 11.9. The quantitative estimate of drug-likeness (QED) is 0.649. The Balaban J connectivity index is 2.31. The lowest BCUT2D eigenvalue weighted by molar-refractivity contribution is 0.102. The fourth-order valence-electron chi connectivity index (χ4n) is 1.54. The number of hydrogen-bond donors (Lipinski definition) is 4. The molecule has 6 heteroatoms. The van der Waals surface area contributed by atoms with Gasteiger partial charge in [0.2, 0.25) is 0 Å². The number of aryl methyl sites for hydroxylation is 1. The van der Waals surface area contributed by atoms with Gasteiger partial charge >= 0.3 is 0 Å². The first-order valence-corrected chi connectivity index (χ1v) is 5.34. The molecule has 0 spiro atoms. The largest absolute Gasteiger partial charge is 0.507 e. The van der Waals surface area contributed by atoms with Crippen LogP contribution < -0.4 is 5.32 Å². The van der Waals surface area contributed by atoms with Crippen LogP contribution in [0, 0.1) is 13.8 Å². The molecule has 0 atom stereocenters. The number of carbonyl (C=O) groups excluding carboxylic acids is 1. The lowest BCUT2D eigenvalue weighted by Gasteiger charge is -2.07. The highest BCUT2D eigenvalue weighted by atomic mass is 16.3. The van der Waals surface area contributed by atoms with Gasteiger partial charge in [-0.25, -0.2) is 0 Å². The molecule has 4 N–H and O–H groups in total. The second-order valence-corrected chi connectivity index (χ2v) is 3.95. The van der Waals surface area contributed by atoms with Crippen molar-refractivity contribution in [3.63, 3.8) is 0 Å². The zero-order valence-electron chi connectivity index (χ0n) is 9.98. The van der Waals surface area contributed by atoms with Crippen molar-refractivity contribution in [3.05, 3.63) is 35.0 Å². The van der Waals surface area contributed by atoms with E-state index in [1.165, 1.54) is 18.2 Å². The summed E-state index contributed by atoms with van der Waals surface area (Å²) in [6, 6.07) is 4.11. The maximum Gasteiger partial charge on any atom is 0.264 e. The summed E-state index contributed by atoms with van der Waals surface area (Å²) in [7, 11) is 0. The van der Waals surface area contributed by atoms with Crippen molar-refractivity contribution < 1.29 is 15.0 Å². The predicted octanol–water partition coefficient (Wildman–Crippen LogP) is 1.69. The number of phenolic OH excluding ortho intramolecular Hbond substituents is 2. The number of anilines is 1. The van der Waals surface area contributed by atoms with E-state index in [1.807, 2.05) is 6.92 Å². The number of benzene rings is 1. The summed E-state index contributed by atoms with van der Waals surface area (Å²) in [6.07, 6.45) is 0. The summed E-state index contributed by atoms with van der Waals surface area (Å²) in [5.41, 5.74) is 1.47. The Morgan fingerprint density at radius 3 is 2.39 bits per heavy atom. The van der Waals surface area contributed by atoms with Crippen LogP contribution in [0.25, 0.3) is 0 Å². The molecule has 0 aliphatic rings. The molecule has 1 aromatic carbocycles. The Morgan fingerprint density at radius 2 is 1.89 bits per heavy atom. The van der Waals surface area contributed by atoms with Crippen LogP contribution in [0.4, 0.5) is 5.82 Å². The Morgan fingerprint density at radius 1 is 1.28 bits per heavy atom. The number of aromatic nitrogens is 2. The number of aromatic amines is 1. The summed E-state index contributed by atoms with van der Waals surface area (Å²) in [5, 5.41) is 28.3. The monoisotopic (exact) mass is 247 g/mol. The number of nitrogens with zero attached hydrogens (tertiary/aromatic N) is 1. The lowest BCUT2D eigenvalue weighted by atomic mass is 10.1. The summed E-state index contributed by atoms with van der Waals surface area (Å²) in [4.78, 5) is 11.9. The number of hydrogen-bond acceptors (Lipinski definition) is 4. The first-order chi connectivity index (χ1) is 8.50. The number of phenols is 2. The van der Waals surface area contributed by atoms with E-state index >= 15 is 0 Å². The molecule has 0 radical (unpaired) electrons. The van der Waals surface area contributed by atoms with Crippen molar-refractivity contribution >= 4 is 11.7 Å². The highest BCUT2D eigenvalue weighted by molar-refractivity contribution is 6.07. The van der Waals surface area contributed by atoms with Crippen molar-refractivity contribution in [2.24, 2.45) is 0 Å². The molecule has 1 aromatic heterocycles. The second-order valence-electron chi connectivity index (χ2n) is 3.95. The Hall–Kier alpha value is -2.50. The number of rotatable bonds is 2. The molecule has 0 bridgehead atoms. The molecule has 0 saturated carbocycles. The van der Waals surface area contributed by atoms with Gasteiger partial charge in [0, 0.05) is 11.3 Å². The third-order valence-corrected chi connectivity index (χ3v) is 2.73. The van der Waals surface area contributed by atoms with Gasteiger partial charge in [-0.2, -0.15) is 5.10 Å². The fraction of sp³-hybridized carbons (Fsp3) is 0.167. The first-order valence-electron chi connectivity index (χ1n) is 5.34. The highest BCUT2D eigenvalue weighted by Crippen LogP contribution is 2.27. The van der Waals surface area contributed by atoms with Crippen molar-refractivity contribution in [1.29, 1.82) is 0 Å². The highest BCUT2D eigenvalue weighted by Gasteiger charge is 2.18. The molecule has 0 fully saturated rings. The minimum absolute atomic E-state index is 0.169. The van der Waals surface area contributed by atoms with Gasteiger partial charge in [-0.3, -0.25) is 9.89 Å². The number of carbonyl (C=O) groups is 1. The van der Waals surface area contributed by atoms with E-state index < -0.39 is 5.91 Å². The average Bonchev–Trinajstić information content (AvgIpc) is 2.61. The third kappa shape index (κ3) is 2.00. The topological polar surface area (TPSA) is 98.2 Å². The molecule has 6 nitrogen and oxygen atoms in total. The van der Waals surface area contributed by atoms with Gasteiger partial charge < -0.3 is 15.5 Å². The minimum Gasteiger partial charge on any atom is -0.507 e. The maximum atomic E-state index is 11.9. The van der Waals surface area contributed by atoms with Crippen molar-refractivity contribution in [1.82, 2.24) is 10.2 Å². The van der Waals surface area contributed by atoms with Crippen molar-refractivity contribution in [3.8, 4) is 11.5 Å². The summed E-state index contributed by atoms with van der Waals surface area (Å²) in [5.74, 6) is -0.796. The van der Waals surface area contributed by atoms with E-state index in [9.17, 15) is 15.0 Å². The van der Waals surface area contributed by atoms with Crippen molar-refractivity contribution in [2.75, 3.05) is 5.32 Å². The summed E-state index contributed by atoms with van der Waals surface area (Å²) in [6.45, 7) is 3.63. The van der Waals surface area contributed by atoms with Gasteiger partial charge in [-0.05, 0) is 26.0 Å². The van der Waals surface area contributed by atoms with Crippen LogP contribution in [0.2, 0.25) is 0 Å². The van der Waals surface area contributed by atoms with Crippen LogP contribution in [0.5, 0.6) is 11.5 Å². The molecular formula is C12H13N3O3. The van der Waals surface area contributed by atoms with Gasteiger partial charge in [0.1, 0.15) is 17.1 Å². The average molecular weight is 247 g/mol. The van der Waals surface area contributed by atoms with Crippen LogP contribution in [-0.2, 0) is 0 Å². The van der Waals surface area contributed by atoms with Gasteiger partial charge in [-0.1, -0.05) is 6.07 Å². The normalized spacial score (nSPS) is 10.3. The first kappa shape index (κ1) is 12.0. The van der Waals surface area contributed by atoms with Crippen LogP contribution in [0.1, 0.15) is 21.6 Å². The molecule has 2 aromatic rings. The van der Waals surface area contributed by atoms with E-state index in [2.05, 4.69) is 15.5 Å². The fourth-order valence-corrected chi connectivity index (χ4v) is 1.54. The van der Waals surface area contributed by atoms with Crippen LogP contribution >= 0.6 is 0 Å². The summed E-state index contributed by atoms with van der Waals surface area (Å²) < 4.78 is 0. The third-order valence-electron chi connectivity index (χ3n) is 2.73. The molecular weight excluding hydrogens is 234 g/mol. The number of aromatic hydroxyl groups is 2. The van der Waals surface area contributed by atoms with Crippen LogP contribution in [0.15, 0.2) is 18.2 Å². The Labute approximate surface area is 103 Å². The number of amides is 1. The van der Waals surface area contributed by atoms with E-state index in [0.717, 1.165) is 11.3 Å². The van der Waals surface area contributed by atoms with E-state index in [1.54, 1.807) is 6.92 Å². The van der Waals surface area contributed by atoms with Gasteiger partial charge in [-0.15, -0.1) is 0 Å². The summed E-state index contributed by atoms with van der Waals surface area (Å²) >= 11 is 0. The zero-order valence-corrected chi connectivity index (χ0v) is 9.98. The molecule has 0 aliphatic carbocycles. The molecule has 18 heavy (non-hydrogen) atoms. The molecule has 0 saturated heterocycles. The van der Waals surface area contributed by atoms with Crippen LogP contribution in [-0.4, -0.2) is 26.3 Å². The van der Waals surface area contributed by atoms with E-state index in [-0.39, 0.29) is 17.1 Å². The lowest BCUT2D eigenvalue weighted by Crippen LogP contribution is -2.13. The van der Waals surface area contributed by atoms with Crippen molar-refractivity contribution in [2.45, 2.75) is 13.8 Å². The van der Waals surface area contributed by atoms with Gasteiger partial charge in [0.05, 0.1) is 0 Å². The van der Waals surface area contributed by atoms with Crippen LogP contribution in [0.3, 0.4) is 0 Å². The molecule has 1 heterocycles. The Bertz CT molecular complexity index is 584. The number of nitrogens with one attached hydrogen (secondary N) is 2.